The predicted octanol–water partition coefficient (Wildman–Crippen LogP) is 1.35. The van der Waals surface area contributed by atoms with E-state index < -0.39 is 33.2 Å². The lowest BCUT2D eigenvalue weighted by Gasteiger charge is -2.08. The summed E-state index contributed by atoms with van der Waals surface area (Å²) in [6, 6.07) is 11.9. The Kier molecular flexibility index (Phi) is 3.57. The molecule has 1 aliphatic carbocycles. The Balaban J connectivity index is 1.73. The van der Waals surface area contributed by atoms with Crippen LogP contribution in [0.15, 0.2) is 47.4 Å². The van der Waals surface area contributed by atoms with Crippen LogP contribution < -0.4 is 15.2 Å². The Hall–Kier alpha value is -2.09. The van der Waals surface area contributed by atoms with Crippen LogP contribution in [0.5, 0.6) is 11.5 Å². The molecule has 1 heterocycles. The predicted molar refractivity (Wildman–Crippen MR) is 91.5 cm³/mol. The zero-order valence-electron chi connectivity index (χ0n) is 13.7. The van der Waals surface area contributed by atoms with E-state index in [1.807, 2.05) is 6.92 Å². The number of hydrogen-bond acceptors (Lipinski definition) is 6. The van der Waals surface area contributed by atoms with E-state index in [1.165, 1.54) is 0 Å². The minimum absolute atomic E-state index is 0.141. The van der Waals surface area contributed by atoms with E-state index in [2.05, 4.69) is 0 Å². The van der Waals surface area contributed by atoms with Crippen LogP contribution in [0.1, 0.15) is 17.0 Å². The molecule has 0 unspecified atom stereocenters. The van der Waals surface area contributed by atoms with Crippen molar-refractivity contribution in [2.24, 2.45) is 5.73 Å². The van der Waals surface area contributed by atoms with E-state index >= 15 is 0 Å². The van der Waals surface area contributed by atoms with Crippen molar-refractivity contribution >= 4 is 9.84 Å². The van der Waals surface area contributed by atoms with Crippen LogP contribution in [0.3, 0.4) is 0 Å². The van der Waals surface area contributed by atoms with E-state index in [1.54, 1.807) is 42.5 Å². The second kappa shape index (κ2) is 5.45. The first-order valence-electron chi connectivity index (χ1n) is 7.98. The van der Waals surface area contributed by atoms with Gasteiger partial charge in [0.1, 0.15) is 0 Å². The van der Waals surface area contributed by atoms with Crippen LogP contribution in [0.25, 0.3) is 0 Å². The van der Waals surface area contributed by atoms with Gasteiger partial charge in [0.2, 0.25) is 6.79 Å². The average Bonchev–Trinajstić information content (AvgIpc) is 2.99. The van der Waals surface area contributed by atoms with Crippen LogP contribution in [0.2, 0.25) is 0 Å². The van der Waals surface area contributed by atoms with Gasteiger partial charge in [0.25, 0.3) is 0 Å². The average molecular weight is 361 g/mol. The first-order chi connectivity index (χ1) is 11.9. The highest BCUT2D eigenvalue weighted by Crippen LogP contribution is 2.56. The number of sulfone groups is 1. The quantitative estimate of drug-likeness (QED) is 0.853. The molecule has 2 aromatic carbocycles. The van der Waals surface area contributed by atoms with Crippen molar-refractivity contribution in [2.75, 3.05) is 13.4 Å². The smallest absolute Gasteiger partial charge is 0.231 e. The van der Waals surface area contributed by atoms with Gasteiger partial charge in [-0.05, 0) is 36.8 Å². The maximum Gasteiger partial charge on any atom is 0.231 e. The monoisotopic (exact) mass is 361 g/mol. The molecule has 132 valence electrons. The normalized spacial score (nSPS) is 27.3. The zero-order valence-corrected chi connectivity index (χ0v) is 14.5. The summed E-state index contributed by atoms with van der Waals surface area (Å²) in [7, 11) is -3.67. The van der Waals surface area contributed by atoms with E-state index in [4.69, 9.17) is 15.2 Å². The van der Waals surface area contributed by atoms with Crippen LogP contribution in [-0.4, -0.2) is 37.7 Å². The number of aryl methyl sites for hydroxylation is 1. The standard InChI is InChI=1S/C18H19NO5S/c1-11-2-5-13(6-3-11)25(21,22)17-16(18(17,19)9-20)12-4-7-14-15(8-12)24-10-23-14/h2-8,16-17,20H,9-10,19H2,1H3/t16-,17+,18+/m1/s1. The molecule has 3 atom stereocenters. The molecule has 25 heavy (non-hydrogen) atoms. The molecule has 0 bridgehead atoms. The van der Waals surface area contributed by atoms with Gasteiger partial charge in [-0.25, -0.2) is 8.42 Å². The summed E-state index contributed by atoms with van der Waals surface area (Å²) < 4.78 is 36.7. The molecule has 2 aromatic rings. The fraction of sp³-hybridized carbons (Fsp3) is 0.333. The lowest BCUT2D eigenvalue weighted by atomic mass is 10.1. The molecule has 1 aliphatic heterocycles. The maximum atomic E-state index is 13.1. The molecule has 6 nitrogen and oxygen atoms in total. The van der Waals surface area contributed by atoms with Crippen LogP contribution in [0.4, 0.5) is 0 Å². The molecular weight excluding hydrogens is 342 g/mol. The highest BCUT2D eigenvalue weighted by Gasteiger charge is 2.69. The Bertz CT molecular complexity index is 925. The number of fused-ring (bicyclic) bond motifs is 1. The van der Waals surface area contributed by atoms with Gasteiger partial charge in [0.05, 0.1) is 22.3 Å². The number of rotatable bonds is 4. The summed E-state index contributed by atoms with van der Waals surface area (Å²) in [4.78, 5) is 0.217. The summed E-state index contributed by atoms with van der Waals surface area (Å²) >= 11 is 0. The maximum absolute atomic E-state index is 13.1. The Morgan fingerprint density at radius 3 is 2.52 bits per heavy atom. The van der Waals surface area contributed by atoms with Crippen molar-refractivity contribution in [3.63, 3.8) is 0 Å². The fourth-order valence-corrected chi connectivity index (χ4v) is 5.84. The van der Waals surface area contributed by atoms with Crippen molar-refractivity contribution in [2.45, 2.75) is 28.5 Å². The van der Waals surface area contributed by atoms with Gasteiger partial charge in [0.15, 0.2) is 21.3 Å². The molecule has 2 aliphatic rings. The number of benzene rings is 2. The molecule has 1 saturated carbocycles. The summed E-state index contributed by atoms with van der Waals surface area (Å²) in [5.74, 6) is 0.684. The molecule has 1 fully saturated rings. The van der Waals surface area contributed by atoms with Gasteiger partial charge in [-0.1, -0.05) is 23.8 Å². The summed E-state index contributed by atoms with van der Waals surface area (Å²) in [6.07, 6.45) is 0. The first kappa shape index (κ1) is 16.4. The summed E-state index contributed by atoms with van der Waals surface area (Å²) in [5, 5.41) is 8.89. The largest absolute Gasteiger partial charge is 0.454 e. The third-order valence-electron chi connectivity index (χ3n) is 5.02. The van der Waals surface area contributed by atoms with Crippen LogP contribution >= 0.6 is 0 Å². The SMILES string of the molecule is Cc1ccc(S(=O)(=O)[C@H]2[C@@H](c3ccc4c(c3)OCO4)[C@@]2(N)CO)cc1. The minimum Gasteiger partial charge on any atom is -0.454 e. The molecule has 0 saturated heterocycles. The van der Waals surface area contributed by atoms with Gasteiger partial charge in [0, 0.05) is 5.92 Å². The van der Waals surface area contributed by atoms with Crippen molar-refractivity contribution in [1.82, 2.24) is 0 Å². The number of hydrogen-bond donors (Lipinski definition) is 2. The first-order valence-corrected chi connectivity index (χ1v) is 9.52. The second-order valence-corrected chi connectivity index (χ2v) is 8.71. The van der Waals surface area contributed by atoms with E-state index in [-0.39, 0.29) is 11.7 Å². The van der Waals surface area contributed by atoms with Gasteiger partial charge < -0.3 is 20.3 Å². The molecule has 7 heteroatoms. The van der Waals surface area contributed by atoms with Gasteiger partial charge >= 0.3 is 0 Å². The Morgan fingerprint density at radius 2 is 1.84 bits per heavy atom. The number of ether oxygens (including phenoxy) is 2. The highest BCUT2D eigenvalue weighted by atomic mass is 32.2. The highest BCUT2D eigenvalue weighted by molar-refractivity contribution is 7.92. The number of aliphatic hydroxyl groups is 1. The zero-order chi connectivity index (χ0) is 17.8. The Morgan fingerprint density at radius 1 is 1.16 bits per heavy atom. The van der Waals surface area contributed by atoms with Gasteiger partial charge in [-0.2, -0.15) is 0 Å². The van der Waals surface area contributed by atoms with Crippen molar-refractivity contribution in [3.8, 4) is 11.5 Å². The molecular formula is C18H19NO5S. The van der Waals surface area contributed by atoms with E-state index in [0.717, 1.165) is 11.1 Å². The third-order valence-corrected chi connectivity index (χ3v) is 7.32. The van der Waals surface area contributed by atoms with Gasteiger partial charge in [-0.3, -0.25) is 0 Å². The lowest BCUT2D eigenvalue weighted by molar-refractivity contribution is 0.174. The van der Waals surface area contributed by atoms with E-state index in [0.29, 0.717) is 11.5 Å². The molecule has 0 amide bonds. The second-order valence-electron chi connectivity index (χ2n) is 6.64. The Labute approximate surface area is 146 Å². The molecule has 0 aromatic heterocycles. The summed E-state index contributed by atoms with van der Waals surface area (Å²) in [6.45, 7) is 1.62. The molecule has 4 rings (SSSR count). The minimum atomic E-state index is -3.67. The molecule has 3 N–H and O–H groups in total. The molecule has 0 spiro atoms. The third kappa shape index (κ3) is 2.42. The van der Waals surface area contributed by atoms with Crippen molar-refractivity contribution < 1.29 is 23.0 Å². The van der Waals surface area contributed by atoms with E-state index in [9.17, 15) is 13.5 Å². The van der Waals surface area contributed by atoms with Crippen LogP contribution in [0, 0.1) is 6.92 Å². The fourth-order valence-electron chi connectivity index (χ4n) is 3.55. The topological polar surface area (TPSA) is 98.9 Å². The lowest BCUT2D eigenvalue weighted by Crippen LogP contribution is -2.35. The number of aliphatic hydroxyl groups excluding tert-OH is 1. The van der Waals surface area contributed by atoms with Crippen LogP contribution in [-0.2, 0) is 9.84 Å². The van der Waals surface area contributed by atoms with Crippen molar-refractivity contribution in [1.29, 1.82) is 0 Å². The molecule has 0 radical (unpaired) electrons. The summed E-state index contributed by atoms with van der Waals surface area (Å²) in [5.41, 5.74) is 6.75. The van der Waals surface area contributed by atoms with Crippen molar-refractivity contribution in [3.05, 3.63) is 53.6 Å². The number of nitrogens with two attached hydrogens (primary N) is 1. The van der Waals surface area contributed by atoms with Gasteiger partial charge in [-0.15, -0.1) is 0 Å².